The highest BCUT2D eigenvalue weighted by Crippen LogP contribution is 2.22. The number of rotatable bonds is 3. The zero-order chi connectivity index (χ0) is 15.4. The van der Waals surface area contributed by atoms with Gasteiger partial charge in [0.15, 0.2) is 0 Å². The van der Waals surface area contributed by atoms with Gasteiger partial charge in [0.05, 0.1) is 5.56 Å². The van der Waals surface area contributed by atoms with Crippen molar-refractivity contribution in [3.05, 3.63) is 30.1 Å². The Bertz CT molecular complexity index is 518. The Balaban J connectivity index is 1.49. The fourth-order valence-electron chi connectivity index (χ4n) is 3.41. The molecule has 22 heavy (non-hydrogen) atoms. The standard InChI is InChI=1S/C17H23N3O2/c21-16(19-15-5-1-2-6-15)13-7-10-20(11-8-13)17(22)14-4-3-9-18-12-14/h3-4,9,12-13,15H,1-2,5-8,10-11H2,(H,19,21). The molecule has 1 saturated carbocycles. The van der Waals surface area contributed by atoms with Crippen LogP contribution in [0.25, 0.3) is 0 Å². The molecule has 0 bridgehead atoms. The lowest BCUT2D eigenvalue weighted by molar-refractivity contribution is -0.127. The molecule has 1 aromatic rings. The highest BCUT2D eigenvalue weighted by atomic mass is 16.2. The summed E-state index contributed by atoms with van der Waals surface area (Å²) >= 11 is 0. The van der Waals surface area contributed by atoms with Crippen molar-refractivity contribution in [2.75, 3.05) is 13.1 Å². The van der Waals surface area contributed by atoms with Gasteiger partial charge in [0.1, 0.15) is 0 Å². The minimum absolute atomic E-state index is 0.0164. The molecule has 5 heteroatoms. The van der Waals surface area contributed by atoms with Crippen molar-refractivity contribution in [2.24, 2.45) is 5.92 Å². The van der Waals surface area contributed by atoms with Crippen LogP contribution in [0.3, 0.4) is 0 Å². The number of aromatic nitrogens is 1. The Morgan fingerprint density at radius 2 is 1.86 bits per heavy atom. The summed E-state index contributed by atoms with van der Waals surface area (Å²) < 4.78 is 0. The molecule has 0 aromatic carbocycles. The second-order valence-electron chi connectivity index (χ2n) is 6.30. The maximum Gasteiger partial charge on any atom is 0.255 e. The van der Waals surface area contributed by atoms with E-state index in [0.717, 1.165) is 25.7 Å². The van der Waals surface area contributed by atoms with E-state index in [9.17, 15) is 9.59 Å². The third-order valence-corrected chi connectivity index (χ3v) is 4.76. The molecule has 2 aliphatic rings. The first-order chi connectivity index (χ1) is 10.7. The van der Waals surface area contributed by atoms with E-state index in [2.05, 4.69) is 10.3 Å². The van der Waals surface area contributed by atoms with Gasteiger partial charge in [0.25, 0.3) is 5.91 Å². The van der Waals surface area contributed by atoms with Crippen molar-refractivity contribution in [3.8, 4) is 0 Å². The lowest BCUT2D eigenvalue weighted by Gasteiger charge is -2.32. The van der Waals surface area contributed by atoms with E-state index in [0.29, 0.717) is 24.7 Å². The summed E-state index contributed by atoms with van der Waals surface area (Å²) in [5.74, 6) is 0.252. The van der Waals surface area contributed by atoms with Crippen molar-refractivity contribution in [1.29, 1.82) is 0 Å². The van der Waals surface area contributed by atoms with Gasteiger partial charge >= 0.3 is 0 Å². The molecular formula is C17H23N3O2. The van der Waals surface area contributed by atoms with Crippen LogP contribution in [0, 0.1) is 5.92 Å². The van der Waals surface area contributed by atoms with Crippen molar-refractivity contribution >= 4 is 11.8 Å². The van der Waals surface area contributed by atoms with Gasteiger partial charge in [-0.2, -0.15) is 0 Å². The third kappa shape index (κ3) is 3.46. The predicted molar refractivity (Wildman–Crippen MR) is 83.3 cm³/mol. The summed E-state index contributed by atoms with van der Waals surface area (Å²) in [4.78, 5) is 30.4. The molecule has 1 aromatic heterocycles. The van der Waals surface area contributed by atoms with E-state index < -0.39 is 0 Å². The van der Waals surface area contributed by atoms with Crippen LogP contribution in [-0.2, 0) is 4.79 Å². The van der Waals surface area contributed by atoms with Gasteiger partial charge in [-0.1, -0.05) is 12.8 Å². The Hall–Kier alpha value is -1.91. The first kappa shape index (κ1) is 15.0. The Morgan fingerprint density at radius 3 is 2.50 bits per heavy atom. The molecule has 3 rings (SSSR count). The number of hydrogen-bond acceptors (Lipinski definition) is 3. The number of carbonyl (C=O) groups is 2. The van der Waals surface area contributed by atoms with Gasteiger partial charge < -0.3 is 10.2 Å². The van der Waals surface area contributed by atoms with Crippen LogP contribution in [0.1, 0.15) is 48.9 Å². The summed E-state index contributed by atoms with van der Waals surface area (Å²) in [7, 11) is 0. The van der Waals surface area contributed by atoms with Crippen molar-refractivity contribution < 1.29 is 9.59 Å². The average molecular weight is 301 g/mol. The molecule has 2 amide bonds. The first-order valence-corrected chi connectivity index (χ1v) is 8.24. The SMILES string of the molecule is O=C(NC1CCCC1)C1CCN(C(=O)c2cccnc2)CC1. The fraction of sp³-hybridized carbons (Fsp3) is 0.588. The molecule has 1 N–H and O–H groups in total. The van der Waals surface area contributed by atoms with Gasteiger partial charge in [-0.25, -0.2) is 0 Å². The van der Waals surface area contributed by atoms with Gasteiger partial charge in [-0.15, -0.1) is 0 Å². The number of amides is 2. The number of pyridine rings is 1. The summed E-state index contributed by atoms with van der Waals surface area (Å²) in [6, 6.07) is 3.94. The highest BCUT2D eigenvalue weighted by Gasteiger charge is 2.29. The normalized spacial score (nSPS) is 20.1. The molecule has 2 heterocycles. The quantitative estimate of drug-likeness (QED) is 0.928. The molecule has 1 aliphatic heterocycles. The molecule has 5 nitrogen and oxygen atoms in total. The van der Waals surface area contributed by atoms with Crippen molar-refractivity contribution in [3.63, 3.8) is 0 Å². The number of piperidine rings is 1. The van der Waals surface area contributed by atoms with Crippen molar-refractivity contribution in [1.82, 2.24) is 15.2 Å². The van der Waals surface area contributed by atoms with Gasteiger partial charge in [0.2, 0.25) is 5.91 Å². The van der Waals surface area contributed by atoms with E-state index in [1.165, 1.54) is 12.8 Å². The van der Waals surface area contributed by atoms with E-state index >= 15 is 0 Å². The molecule has 0 radical (unpaired) electrons. The number of hydrogen-bond donors (Lipinski definition) is 1. The average Bonchev–Trinajstić information content (AvgIpc) is 3.08. The monoisotopic (exact) mass is 301 g/mol. The van der Waals surface area contributed by atoms with Crippen LogP contribution in [-0.4, -0.2) is 40.8 Å². The van der Waals surface area contributed by atoms with Crippen LogP contribution in [0.15, 0.2) is 24.5 Å². The minimum atomic E-state index is 0.0164. The Morgan fingerprint density at radius 1 is 1.14 bits per heavy atom. The van der Waals surface area contributed by atoms with E-state index in [4.69, 9.17) is 0 Å². The smallest absolute Gasteiger partial charge is 0.255 e. The maximum absolute atomic E-state index is 12.3. The van der Waals surface area contributed by atoms with Crippen LogP contribution >= 0.6 is 0 Å². The number of nitrogens with zero attached hydrogens (tertiary/aromatic N) is 2. The molecule has 0 unspecified atom stereocenters. The fourth-order valence-corrected chi connectivity index (χ4v) is 3.41. The minimum Gasteiger partial charge on any atom is -0.353 e. The highest BCUT2D eigenvalue weighted by molar-refractivity contribution is 5.94. The largest absolute Gasteiger partial charge is 0.353 e. The van der Waals surface area contributed by atoms with Crippen LogP contribution < -0.4 is 5.32 Å². The predicted octanol–water partition coefficient (Wildman–Crippen LogP) is 1.99. The Kier molecular flexibility index (Phi) is 4.71. The molecular weight excluding hydrogens is 278 g/mol. The molecule has 1 saturated heterocycles. The van der Waals surface area contributed by atoms with E-state index in [-0.39, 0.29) is 17.7 Å². The topological polar surface area (TPSA) is 62.3 Å². The summed E-state index contributed by atoms with van der Waals surface area (Å²) in [6.45, 7) is 1.30. The first-order valence-electron chi connectivity index (χ1n) is 8.24. The zero-order valence-corrected chi connectivity index (χ0v) is 12.8. The molecule has 0 atom stereocenters. The summed E-state index contributed by atoms with van der Waals surface area (Å²) in [5, 5.41) is 3.17. The lowest BCUT2D eigenvalue weighted by Crippen LogP contribution is -2.44. The maximum atomic E-state index is 12.3. The van der Waals surface area contributed by atoms with Crippen LogP contribution in [0.5, 0.6) is 0 Å². The zero-order valence-electron chi connectivity index (χ0n) is 12.8. The summed E-state index contributed by atoms with van der Waals surface area (Å²) in [5.41, 5.74) is 0.622. The second kappa shape index (κ2) is 6.90. The van der Waals surface area contributed by atoms with Gasteiger partial charge in [0, 0.05) is 37.4 Å². The van der Waals surface area contributed by atoms with E-state index in [1.807, 2.05) is 4.90 Å². The molecule has 2 fully saturated rings. The van der Waals surface area contributed by atoms with Gasteiger partial charge in [-0.05, 0) is 37.8 Å². The van der Waals surface area contributed by atoms with Crippen molar-refractivity contribution in [2.45, 2.75) is 44.6 Å². The number of nitrogens with one attached hydrogen (secondary N) is 1. The Labute approximate surface area is 131 Å². The van der Waals surface area contributed by atoms with Gasteiger partial charge in [-0.3, -0.25) is 14.6 Å². The number of carbonyl (C=O) groups excluding carboxylic acids is 2. The molecule has 0 spiro atoms. The summed E-state index contributed by atoms with van der Waals surface area (Å²) in [6.07, 6.45) is 9.45. The lowest BCUT2D eigenvalue weighted by atomic mass is 9.95. The van der Waals surface area contributed by atoms with Crippen LogP contribution in [0.4, 0.5) is 0 Å². The molecule has 118 valence electrons. The molecule has 1 aliphatic carbocycles. The van der Waals surface area contributed by atoms with Crippen LogP contribution in [0.2, 0.25) is 0 Å². The van der Waals surface area contributed by atoms with E-state index in [1.54, 1.807) is 24.5 Å². The second-order valence-corrected chi connectivity index (χ2v) is 6.30. The number of likely N-dealkylation sites (tertiary alicyclic amines) is 1. The third-order valence-electron chi connectivity index (χ3n) is 4.76.